The largest absolute Gasteiger partial charge is 0.356 e. The third-order valence-electron chi connectivity index (χ3n) is 6.32. The Morgan fingerprint density at radius 1 is 0.938 bits per heavy atom. The van der Waals surface area contributed by atoms with E-state index in [9.17, 15) is 4.79 Å². The zero-order valence-electron chi connectivity index (χ0n) is 17.6. The molecule has 32 heavy (non-hydrogen) atoms. The van der Waals surface area contributed by atoms with E-state index in [-0.39, 0.29) is 17.4 Å². The molecule has 2 fully saturated rings. The first-order valence-corrected chi connectivity index (χ1v) is 13.9. The fourth-order valence-corrected chi connectivity index (χ4v) is 8.73. The Bertz CT molecular complexity index is 1130. The van der Waals surface area contributed by atoms with Crippen molar-refractivity contribution in [3.8, 4) is 0 Å². The molecule has 6 rings (SSSR count). The molecule has 2 aromatic rings. The van der Waals surface area contributed by atoms with Crippen molar-refractivity contribution in [2.75, 3.05) is 11.5 Å². The monoisotopic (exact) mass is 476 g/mol. The van der Waals surface area contributed by atoms with Gasteiger partial charge < -0.3 is 5.32 Å². The average molecular weight is 477 g/mol. The number of hydrogen-bond donors (Lipinski definition) is 1. The summed E-state index contributed by atoms with van der Waals surface area (Å²) in [6.45, 7) is 0. The van der Waals surface area contributed by atoms with Crippen LogP contribution in [0.1, 0.15) is 36.4 Å². The highest BCUT2D eigenvalue weighted by molar-refractivity contribution is 8.25. The summed E-state index contributed by atoms with van der Waals surface area (Å²) in [5, 5.41) is 3.81. The molecule has 162 valence electrons. The minimum atomic E-state index is -0.0773. The summed E-state index contributed by atoms with van der Waals surface area (Å²) in [6, 6.07) is 20.7. The summed E-state index contributed by atoms with van der Waals surface area (Å²) < 4.78 is 1.49. The quantitative estimate of drug-likeness (QED) is 0.510. The molecule has 4 aliphatic rings. The number of nitrogens with zero attached hydrogens (tertiary/aromatic N) is 1. The third-order valence-corrected chi connectivity index (χ3v) is 10.2. The number of carbonyl (C=O) groups is 1. The standard InChI is InChI=1S/C26H24N2OS3/c29-24-21(16-17-8-3-1-4-9-17)32-26-27-22-19(12-7-13-20(22)25-30-14-15-31-25)23(28(24)26)18-10-5-2-6-11-18/h1-6,8-11,16,23,26-27H,7,12-15H2/b21-16-. The van der Waals surface area contributed by atoms with Crippen LogP contribution in [0.3, 0.4) is 0 Å². The van der Waals surface area contributed by atoms with Gasteiger partial charge in [-0.15, -0.1) is 23.5 Å². The smallest absolute Gasteiger partial charge is 0.263 e. The molecule has 2 unspecified atom stereocenters. The molecule has 0 radical (unpaired) electrons. The van der Waals surface area contributed by atoms with Crippen LogP contribution in [-0.2, 0) is 4.79 Å². The topological polar surface area (TPSA) is 32.3 Å². The molecule has 6 heteroatoms. The normalized spacial score (nSPS) is 26.4. The van der Waals surface area contributed by atoms with Crippen molar-refractivity contribution >= 4 is 47.3 Å². The number of carbonyl (C=O) groups excluding carboxylic acids is 1. The highest BCUT2D eigenvalue weighted by Gasteiger charge is 2.47. The van der Waals surface area contributed by atoms with Gasteiger partial charge in [-0.05, 0) is 47.6 Å². The van der Waals surface area contributed by atoms with Crippen molar-refractivity contribution in [2.24, 2.45) is 0 Å². The predicted molar refractivity (Wildman–Crippen MR) is 138 cm³/mol. The van der Waals surface area contributed by atoms with E-state index in [0.717, 1.165) is 29.7 Å². The highest BCUT2D eigenvalue weighted by Crippen LogP contribution is 2.52. The van der Waals surface area contributed by atoms with E-state index >= 15 is 0 Å². The zero-order valence-corrected chi connectivity index (χ0v) is 20.1. The number of benzene rings is 2. The zero-order chi connectivity index (χ0) is 21.5. The maximum Gasteiger partial charge on any atom is 0.263 e. The summed E-state index contributed by atoms with van der Waals surface area (Å²) in [5.74, 6) is 2.52. The van der Waals surface area contributed by atoms with Gasteiger partial charge in [0.1, 0.15) is 0 Å². The van der Waals surface area contributed by atoms with Crippen molar-refractivity contribution in [1.82, 2.24) is 10.2 Å². The Morgan fingerprint density at radius 2 is 1.66 bits per heavy atom. The van der Waals surface area contributed by atoms with Crippen LogP contribution in [0.5, 0.6) is 0 Å². The van der Waals surface area contributed by atoms with E-state index < -0.39 is 0 Å². The van der Waals surface area contributed by atoms with Gasteiger partial charge in [0.15, 0.2) is 5.50 Å². The van der Waals surface area contributed by atoms with Crippen LogP contribution in [-0.4, -0.2) is 27.8 Å². The van der Waals surface area contributed by atoms with Crippen molar-refractivity contribution in [3.63, 3.8) is 0 Å². The molecular formula is C26H24N2OS3. The van der Waals surface area contributed by atoms with Gasteiger partial charge in [0.25, 0.3) is 5.91 Å². The summed E-state index contributed by atoms with van der Waals surface area (Å²) in [7, 11) is 0. The van der Waals surface area contributed by atoms with Gasteiger partial charge in [0.05, 0.1) is 10.9 Å². The van der Waals surface area contributed by atoms with Gasteiger partial charge in [-0.2, -0.15) is 0 Å². The molecular weight excluding hydrogens is 453 g/mol. The number of allylic oxidation sites excluding steroid dienone is 1. The van der Waals surface area contributed by atoms with Crippen LogP contribution in [0, 0.1) is 0 Å². The summed E-state index contributed by atoms with van der Waals surface area (Å²) in [5.41, 5.74) is 6.37. The van der Waals surface area contributed by atoms with E-state index in [1.165, 1.54) is 38.1 Å². The predicted octanol–water partition coefficient (Wildman–Crippen LogP) is 6.36. The minimum Gasteiger partial charge on any atom is -0.356 e. The lowest BCUT2D eigenvalue weighted by Crippen LogP contribution is -2.49. The Labute approximate surface area is 201 Å². The molecule has 2 atom stereocenters. The van der Waals surface area contributed by atoms with E-state index in [1.54, 1.807) is 11.8 Å². The number of nitrogens with one attached hydrogen (secondary N) is 1. The number of fused-ring (bicyclic) bond motifs is 1. The van der Waals surface area contributed by atoms with Crippen LogP contribution in [0.15, 0.2) is 86.6 Å². The molecule has 2 saturated heterocycles. The maximum atomic E-state index is 13.7. The SMILES string of the molecule is O=C1/C(=C/c2ccccc2)SC2NC3=C(CCCC3=C3SCCS3)C(c3ccccc3)N12. The second-order valence-electron chi connectivity index (χ2n) is 8.28. The van der Waals surface area contributed by atoms with Crippen LogP contribution in [0.2, 0.25) is 0 Å². The molecule has 0 spiro atoms. The van der Waals surface area contributed by atoms with Crippen LogP contribution in [0.25, 0.3) is 6.08 Å². The van der Waals surface area contributed by atoms with Gasteiger partial charge in [0.2, 0.25) is 0 Å². The Balaban J connectivity index is 1.46. The second kappa shape index (κ2) is 8.73. The molecule has 0 aromatic heterocycles. The second-order valence-corrected chi connectivity index (χ2v) is 11.9. The first-order chi connectivity index (χ1) is 15.8. The lowest BCUT2D eigenvalue weighted by atomic mass is 9.83. The third kappa shape index (κ3) is 3.62. The molecule has 1 N–H and O–H groups in total. The van der Waals surface area contributed by atoms with Gasteiger partial charge in [-0.3, -0.25) is 9.69 Å². The van der Waals surface area contributed by atoms with Gasteiger partial charge in [0, 0.05) is 21.4 Å². The Morgan fingerprint density at radius 3 is 2.41 bits per heavy atom. The number of rotatable bonds is 2. The van der Waals surface area contributed by atoms with Gasteiger partial charge >= 0.3 is 0 Å². The molecule has 3 heterocycles. The van der Waals surface area contributed by atoms with E-state index in [0.29, 0.717) is 0 Å². The van der Waals surface area contributed by atoms with Crippen molar-refractivity contribution in [2.45, 2.75) is 30.8 Å². The molecule has 3 nitrogen and oxygen atoms in total. The number of hydrogen-bond acceptors (Lipinski definition) is 5. The van der Waals surface area contributed by atoms with Crippen LogP contribution in [0.4, 0.5) is 0 Å². The van der Waals surface area contributed by atoms with Crippen molar-refractivity contribution in [3.05, 3.63) is 97.8 Å². The molecule has 0 bridgehead atoms. The minimum absolute atomic E-state index is 0.00794. The van der Waals surface area contributed by atoms with Crippen LogP contribution >= 0.6 is 35.3 Å². The summed E-state index contributed by atoms with van der Waals surface area (Å²) in [4.78, 5) is 16.6. The van der Waals surface area contributed by atoms with Crippen LogP contribution < -0.4 is 5.32 Å². The fraction of sp³-hybridized carbons (Fsp3) is 0.269. The first-order valence-electron chi connectivity index (χ1n) is 11.1. The van der Waals surface area contributed by atoms with E-state index in [4.69, 9.17) is 0 Å². The molecule has 2 aromatic carbocycles. The Kier molecular flexibility index (Phi) is 5.61. The van der Waals surface area contributed by atoms with E-state index in [2.05, 4.69) is 52.7 Å². The molecule has 0 saturated carbocycles. The molecule has 1 aliphatic carbocycles. The maximum absolute atomic E-state index is 13.7. The Hall–Kier alpha value is -2.02. The number of amides is 1. The molecule has 3 aliphatic heterocycles. The number of thioether (sulfide) groups is 3. The lowest BCUT2D eigenvalue weighted by Gasteiger charge is -2.43. The van der Waals surface area contributed by atoms with Crippen molar-refractivity contribution < 1.29 is 4.79 Å². The average Bonchev–Trinajstić information content (AvgIpc) is 3.47. The summed E-state index contributed by atoms with van der Waals surface area (Å²) >= 11 is 5.65. The lowest BCUT2D eigenvalue weighted by molar-refractivity contribution is -0.128. The molecule has 1 amide bonds. The van der Waals surface area contributed by atoms with Gasteiger partial charge in [-0.25, -0.2) is 0 Å². The van der Waals surface area contributed by atoms with Gasteiger partial charge in [-0.1, -0.05) is 72.4 Å². The first kappa shape index (κ1) is 20.6. The van der Waals surface area contributed by atoms with Crippen molar-refractivity contribution in [1.29, 1.82) is 0 Å². The highest BCUT2D eigenvalue weighted by atomic mass is 32.2. The fourth-order valence-electron chi connectivity index (χ4n) is 4.94. The van der Waals surface area contributed by atoms with E-state index in [1.807, 2.05) is 47.8 Å². The summed E-state index contributed by atoms with van der Waals surface area (Å²) in [6.07, 6.45) is 5.35.